The highest BCUT2D eigenvalue weighted by Crippen LogP contribution is 2.14. The van der Waals surface area contributed by atoms with Gasteiger partial charge in [-0.1, -0.05) is 18.2 Å². The molecule has 3 aromatic rings. The average Bonchev–Trinajstić information content (AvgIpc) is 3.52. The standard InChI is InChI=1S/C21H21N5O4/c1-14-19(24-26(23-14)16-7-3-2-4-8-16)21(29)30-13-18(27)15-11-17(22-12-15)20(28)25-9-5-6-10-25/h2-4,7-8,11-12,22H,5-6,9-10,13H2,1H3. The van der Waals surface area contributed by atoms with Crippen molar-refractivity contribution < 1.29 is 19.1 Å². The Bertz CT molecular complexity index is 1080. The summed E-state index contributed by atoms with van der Waals surface area (Å²) >= 11 is 0. The third kappa shape index (κ3) is 4.00. The highest BCUT2D eigenvalue weighted by Gasteiger charge is 2.23. The van der Waals surface area contributed by atoms with Gasteiger partial charge >= 0.3 is 5.97 Å². The second-order valence-corrected chi connectivity index (χ2v) is 7.06. The summed E-state index contributed by atoms with van der Waals surface area (Å²) < 4.78 is 5.13. The molecular weight excluding hydrogens is 386 g/mol. The molecule has 0 bridgehead atoms. The van der Waals surface area contributed by atoms with Gasteiger partial charge < -0.3 is 14.6 Å². The lowest BCUT2D eigenvalue weighted by Crippen LogP contribution is -2.27. The van der Waals surface area contributed by atoms with Crippen LogP contribution in [0.5, 0.6) is 0 Å². The molecule has 1 amide bonds. The summed E-state index contributed by atoms with van der Waals surface area (Å²) in [6, 6.07) is 10.7. The van der Waals surface area contributed by atoms with Crippen LogP contribution in [0.1, 0.15) is 49.9 Å². The number of aryl methyl sites for hydroxylation is 1. The number of aromatic nitrogens is 4. The molecule has 1 aliphatic heterocycles. The number of aromatic amines is 1. The second kappa shape index (κ2) is 8.32. The van der Waals surface area contributed by atoms with Gasteiger partial charge in [0.2, 0.25) is 5.78 Å². The number of nitrogens with zero attached hydrogens (tertiary/aromatic N) is 4. The monoisotopic (exact) mass is 407 g/mol. The third-order valence-electron chi connectivity index (χ3n) is 4.93. The van der Waals surface area contributed by atoms with Crippen molar-refractivity contribution in [1.82, 2.24) is 24.9 Å². The maximum Gasteiger partial charge on any atom is 0.361 e. The summed E-state index contributed by atoms with van der Waals surface area (Å²) in [6.07, 6.45) is 3.43. The Morgan fingerprint density at radius 3 is 2.57 bits per heavy atom. The topological polar surface area (TPSA) is 110 Å². The molecule has 3 heterocycles. The van der Waals surface area contributed by atoms with Crippen LogP contribution in [0, 0.1) is 6.92 Å². The fourth-order valence-corrected chi connectivity index (χ4v) is 3.30. The molecular formula is C21H21N5O4. The van der Waals surface area contributed by atoms with E-state index in [4.69, 9.17) is 4.74 Å². The molecule has 1 aromatic carbocycles. The first kappa shape index (κ1) is 19.6. The number of esters is 1. The summed E-state index contributed by atoms with van der Waals surface area (Å²) in [6.45, 7) is 2.64. The van der Waals surface area contributed by atoms with E-state index in [9.17, 15) is 14.4 Å². The molecule has 0 unspecified atom stereocenters. The molecule has 1 saturated heterocycles. The van der Waals surface area contributed by atoms with Crippen LogP contribution < -0.4 is 0 Å². The fourth-order valence-electron chi connectivity index (χ4n) is 3.30. The van der Waals surface area contributed by atoms with E-state index in [1.54, 1.807) is 11.8 Å². The van der Waals surface area contributed by atoms with E-state index in [2.05, 4.69) is 15.2 Å². The molecule has 0 spiro atoms. The van der Waals surface area contributed by atoms with E-state index < -0.39 is 18.4 Å². The molecule has 9 heteroatoms. The summed E-state index contributed by atoms with van der Waals surface area (Å²) in [7, 11) is 0. The van der Waals surface area contributed by atoms with Crippen LogP contribution in [0.3, 0.4) is 0 Å². The first-order chi connectivity index (χ1) is 14.5. The summed E-state index contributed by atoms with van der Waals surface area (Å²) in [5.74, 6) is -1.27. The van der Waals surface area contributed by atoms with E-state index in [0.717, 1.165) is 25.9 Å². The fraction of sp³-hybridized carbons (Fsp3) is 0.286. The van der Waals surface area contributed by atoms with Crippen molar-refractivity contribution in [2.24, 2.45) is 0 Å². The molecule has 2 aromatic heterocycles. The van der Waals surface area contributed by atoms with Crippen LogP contribution in [0.4, 0.5) is 0 Å². The maximum absolute atomic E-state index is 12.4. The molecule has 9 nitrogen and oxygen atoms in total. The molecule has 0 aliphatic carbocycles. The zero-order chi connectivity index (χ0) is 21.1. The second-order valence-electron chi connectivity index (χ2n) is 7.06. The van der Waals surface area contributed by atoms with Crippen LogP contribution in [0.2, 0.25) is 0 Å². The predicted octanol–water partition coefficient (Wildman–Crippen LogP) is 2.18. The molecule has 30 heavy (non-hydrogen) atoms. The van der Waals surface area contributed by atoms with E-state index in [-0.39, 0.29) is 17.2 Å². The van der Waals surface area contributed by atoms with Crippen molar-refractivity contribution in [3.8, 4) is 5.69 Å². The first-order valence-electron chi connectivity index (χ1n) is 9.70. The number of likely N-dealkylation sites (tertiary alicyclic amines) is 1. The van der Waals surface area contributed by atoms with Gasteiger partial charge in [0, 0.05) is 24.8 Å². The number of H-pyrrole nitrogens is 1. The zero-order valence-electron chi connectivity index (χ0n) is 16.5. The van der Waals surface area contributed by atoms with E-state index >= 15 is 0 Å². The highest BCUT2D eigenvalue weighted by molar-refractivity contribution is 6.02. The van der Waals surface area contributed by atoms with Gasteiger partial charge in [-0.2, -0.15) is 9.90 Å². The summed E-state index contributed by atoms with van der Waals surface area (Å²) in [5.41, 5.74) is 1.79. The van der Waals surface area contributed by atoms with Gasteiger partial charge in [-0.05, 0) is 38.0 Å². The third-order valence-corrected chi connectivity index (χ3v) is 4.93. The van der Waals surface area contributed by atoms with Crippen molar-refractivity contribution >= 4 is 17.7 Å². The number of nitrogens with one attached hydrogen (secondary N) is 1. The van der Waals surface area contributed by atoms with E-state index in [1.165, 1.54) is 17.1 Å². The Labute approximate surface area is 172 Å². The van der Waals surface area contributed by atoms with Crippen LogP contribution in [-0.4, -0.2) is 62.2 Å². The lowest BCUT2D eigenvalue weighted by molar-refractivity contribution is 0.0467. The van der Waals surface area contributed by atoms with Crippen molar-refractivity contribution in [2.45, 2.75) is 19.8 Å². The lowest BCUT2D eigenvalue weighted by Gasteiger charge is -2.13. The van der Waals surface area contributed by atoms with Crippen molar-refractivity contribution in [2.75, 3.05) is 19.7 Å². The maximum atomic E-state index is 12.4. The number of ether oxygens (including phenoxy) is 1. The minimum absolute atomic E-state index is 0.0469. The van der Waals surface area contributed by atoms with Gasteiger partial charge in [-0.25, -0.2) is 4.79 Å². The van der Waals surface area contributed by atoms with Crippen LogP contribution in [-0.2, 0) is 4.74 Å². The van der Waals surface area contributed by atoms with Gasteiger partial charge in [0.05, 0.1) is 11.4 Å². The van der Waals surface area contributed by atoms with Gasteiger partial charge in [-0.3, -0.25) is 9.59 Å². The average molecular weight is 407 g/mol. The van der Waals surface area contributed by atoms with Crippen molar-refractivity contribution in [3.63, 3.8) is 0 Å². The van der Waals surface area contributed by atoms with Crippen LogP contribution in [0.25, 0.3) is 5.69 Å². The molecule has 1 aliphatic rings. The van der Waals surface area contributed by atoms with Gasteiger partial charge in [0.15, 0.2) is 12.3 Å². The predicted molar refractivity (Wildman–Crippen MR) is 107 cm³/mol. The molecule has 0 saturated carbocycles. The molecule has 1 N–H and O–H groups in total. The zero-order valence-corrected chi connectivity index (χ0v) is 16.5. The lowest BCUT2D eigenvalue weighted by atomic mass is 10.2. The largest absolute Gasteiger partial charge is 0.452 e. The number of ketones is 1. The number of rotatable bonds is 6. The van der Waals surface area contributed by atoms with E-state index in [0.29, 0.717) is 17.1 Å². The Morgan fingerprint density at radius 2 is 1.83 bits per heavy atom. The number of carbonyl (C=O) groups excluding carboxylic acids is 3. The summed E-state index contributed by atoms with van der Waals surface area (Å²) in [5, 5.41) is 8.39. The smallest absolute Gasteiger partial charge is 0.361 e. The molecule has 154 valence electrons. The van der Waals surface area contributed by atoms with Gasteiger partial charge in [-0.15, -0.1) is 5.10 Å². The quantitative estimate of drug-likeness (QED) is 0.495. The normalized spacial score (nSPS) is 13.4. The number of para-hydroxylation sites is 1. The number of hydrogen-bond donors (Lipinski definition) is 1. The van der Waals surface area contributed by atoms with Gasteiger partial charge in [0.25, 0.3) is 5.91 Å². The van der Waals surface area contributed by atoms with Crippen molar-refractivity contribution in [3.05, 3.63) is 65.2 Å². The molecule has 4 rings (SSSR count). The minimum atomic E-state index is -0.730. The number of amides is 1. The number of carbonyl (C=O) groups is 3. The van der Waals surface area contributed by atoms with Gasteiger partial charge in [0.1, 0.15) is 5.69 Å². The Kier molecular flexibility index (Phi) is 5.42. The molecule has 0 atom stereocenters. The Balaban J connectivity index is 1.38. The Morgan fingerprint density at radius 1 is 1.10 bits per heavy atom. The summed E-state index contributed by atoms with van der Waals surface area (Å²) in [4.78, 5) is 43.1. The highest BCUT2D eigenvalue weighted by atomic mass is 16.5. The molecule has 1 fully saturated rings. The van der Waals surface area contributed by atoms with Crippen LogP contribution in [0.15, 0.2) is 42.6 Å². The number of hydrogen-bond acceptors (Lipinski definition) is 6. The van der Waals surface area contributed by atoms with Crippen molar-refractivity contribution in [1.29, 1.82) is 0 Å². The molecule has 0 radical (unpaired) electrons. The Hall–Kier alpha value is -3.75. The first-order valence-corrected chi connectivity index (χ1v) is 9.70. The number of benzene rings is 1. The van der Waals surface area contributed by atoms with E-state index in [1.807, 2.05) is 30.3 Å². The number of Topliss-reactive ketones (excluding diaryl/α,β-unsaturated/α-hetero) is 1. The minimum Gasteiger partial charge on any atom is -0.452 e. The SMILES string of the molecule is Cc1nn(-c2ccccc2)nc1C(=O)OCC(=O)c1c[nH]c(C(=O)N2CCCC2)c1. The van der Waals surface area contributed by atoms with Crippen LogP contribution >= 0.6 is 0 Å².